The van der Waals surface area contributed by atoms with Crippen molar-refractivity contribution in [3.8, 4) is 0 Å². The van der Waals surface area contributed by atoms with Crippen LogP contribution in [0.1, 0.15) is 43.4 Å². The topological polar surface area (TPSA) is 52.2 Å². The van der Waals surface area contributed by atoms with E-state index in [1.54, 1.807) is 0 Å². The molecule has 3 rings (SSSR count). The van der Waals surface area contributed by atoms with Gasteiger partial charge in [0.15, 0.2) is 0 Å². The molecule has 1 fully saturated rings. The minimum Gasteiger partial charge on any atom is -0.345 e. The van der Waals surface area contributed by atoms with Crippen molar-refractivity contribution in [2.75, 3.05) is 27.2 Å². The second kappa shape index (κ2) is 6.82. The number of aromatic nitrogens is 2. The van der Waals surface area contributed by atoms with Gasteiger partial charge in [-0.05, 0) is 57.7 Å². The number of hydrogen-bond acceptors (Lipinski definition) is 3. The van der Waals surface area contributed by atoms with Crippen molar-refractivity contribution < 1.29 is 4.79 Å². The first kappa shape index (κ1) is 15.5. The van der Waals surface area contributed by atoms with Crippen LogP contribution in [0.2, 0.25) is 0 Å². The Kier molecular flexibility index (Phi) is 4.81. The molecule has 0 aromatic carbocycles. The average Bonchev–Trinajstić information content (AvgIpc) is 3.00. The van der Waals surface area contributed by atoms with E-state index in [1.807, 2.05) is 18.1 Å². The van der Waals surface area contributed by atoms with Gasteiger partial charge in [0.05, 0.1) is 6.20 Å². The molecule has 5 heteroatoms. The molecule has 1 aromatic rings. The van der Waals surface area contributed by atoms with Gasteiger partial charge in [-0.3, -0.25) is 9.89 Å². The van der Waals surface area contributed by atoms with Crippen LogP contribution in [0.25, 0.3) is 0 Å². The molecule has 1 aliphatic carbocycles. The van der Waals surface area contributed by atoms with Gasteiger partial charge in [0, 0.05) is 31.2 Å². The molecule has 1 aromatic heterocycles. The van der Waals surface area contributed by atoms with Crippen LogP contribution in [0.5, 0.6) is 0 Å². The molecule has 5 nitrogen and oxygen atoms in total. The summed E-state index contributed by atoms with van der Waals surface area (Å²) >= 11 is 0. The third-order valence-electron chi connectivity index (χ3n) is 5.46. The molecule has 0 spiro atoms. The van der Waals surface area contributed by atoms with E-state index in [2.05, 4.69) is 22.1 Å². The first-order valence-corrected chi connectivity index (χ1v) is 8.61. The van der Waals surface area contributed by atoms with Crippen molar-refractivity contribution in [3.63, 3.8) is 0 Å². The van der Waals surface area contributed by atoms with Crippen LogP contribution in [0.15, 0.2) is 6.20 Å². The fraction of sp³-hybridized carbons (Fsp3) is 0.765. The van der Waals surface area contributed by atoms with Crippen LogP contribution >= 0.6 is 0 Å². The summed E-state index contributed by atoms with van der Waals surface area (Å²) in [7, 11) is 4.18. The normalized spacial score (nSPS) is 25.7. The molecular formula is C17H28N4O. The summed E-state index contributed by atoms with van der Waals surface area (Å²) in [5, 5.41) is 7.13. The Bertz CT molecular complexity index is 513. The van der Waals surface area contributed by atoms with Crippen molar-refractivity contribution in [2.24, 2.45) is 5.92 Å². The highest BCUT2D eigenvalue weighted by atomic mass is 16.2. The minimum atomic E-state index is 0.138. The molecule has 2 atom stereocenters. The molecule has 2 heterocycles. The highest BCUT2D eigenvalue weighted by molar-refractivity contribution is 5.79. The van der Waals surface area contributed by atoms with Crippen LogP contribution < -0.4 is 0 Å². The number of fused-ring (bicyclic) bond motifs is 1. The lowest BCUT2D eigenvalue weighted by Gasteiger charge is -2.34. The first-order chi connectivity index (χ1) is 10.6. The molecule has 1 N–H and O–H groups in total. The highest BCUT2D eigenvalue weighted by Crippen LogP contribution is 2.25. The van der Waals surface area contributed by atoms with Gasteiger partial charge in [0.2, 0.25) is 5.91 Å². The zero-order chi connectivity index (χ0) is 15.5. The SMILES string of the molecule is CN(CCC1CCCCN1C)C(=O)C1CCc2[nH]ncc2C1. The standard InChI is InChI=1S/C17H28N4O/c1-20-9-4-3-5-15(20)8-10-21(2)17(22)13-6-7-16-14(11-13)12-18-19-16/h12-13,15H,3-11H2,1-2H3,(H,18,19). The summed E-state index contributed by atoms with van der Waals surface area (Å²) in [6, 6.07) is 0.649. The van der Waals surface area contributed by atoms with Crippen molar-refractivity contribution >= 4 is 5.91 Å². The Hall–Kier alpha value is -1.36. The molecular weight excluding hydrogens is 276 g/mol. The molecule has 0 radical (unpaired) electrons. The number of amides is 1. The van der Waals surface area contributed by atoms with E-state index in [9.17, 15) is 4.79 Å². The Morgan fingerprint density at radius 3 is 3.14 bits per heavy atom. The Labute approximate surface area is 133 Å². The molecule has 122 valence electrons. The van der Waals surface area contributed by atoms with Crippen LogP contribution in [0.4, 0.5) is 0 Å². The lowest BCUT2D eigenvalue weighted by atomic mass is 9.87. The molecule has 1 aliphatic heterocycles. The summed E-state index contributed by atoms with van der Waals surface area (Å²) in [4.78, 5) is 17.1. The van der Waals surface area contributed by atoms with Crippen molar-refractivity contribution in [2.45, 2.75) is 51.0 Å². The summed E-state index contributed by atoms with van der Waals surface area (Å²) in [6.45, 7) is 2.08. The number of carbonyl (C=O) groups is 1. The van der Waals surface area contributed by atoms with Gasteiger partial charge >= 0.3 is 0 Å². The molecule has 2 unspecified atom stereocenters. The predicted molar refractivity (Wildman–Crippen MR) is 86.6 cm³/mol. The van der Waals surface area contributed by atoms with Gasteiger partial charge in [0.25, 0.3) is 0 Å². The van der Waals surface area contributed by atoms with Gasteiger partial charge in [-0.15, -0.1) is 0 Å². The number of hydrogen-bond donors (Lipinski definition) is 1. The quantitative estimate of drug-likeness (QED) is 0.923. The number of H-pyrrole nitrogens is 1. The predicted octanol–water partition coefficient (Wildman–Crippen LogP) is 1.85. The van der Waals surface area contributed by atoms with Crippen LogP contribution in [0, 0.1) is 5.92 Å². The van der Waals surface area contributed by atoms with E-state index in [0.29, 0.717) is 11.9 Å². The highest BCUT2D eigenvalue weighted by Gasteiger charge is 2.28. The number of nitrogens with zero attached hydrogens (tertiary/aromatic N) is 3. The largest absolute Gasteiger partial charge is 0.345 e. The zero-order valence-corrected chi connectivity index (χ0v) is 13.8. The van der Waals surface area contributed by atoms with E-state index in [4.69, 9.17) is 0 Å². The second-order valence-electron chi connectivity index (χ2n) is 6.99. The van der Waals surface area contributed by atoms with Crippen molar-refractivity contribution in [3.05, 3.63) is 17.5 Å². The third kappa shape index (κ3) is 3.35. The first-order valence-electron chi connectivity index (χ1n) is 8.61. The van der Waals surface area contributed by atoms with E-state index in [-0.39, 0.29) is 5.92 Å². The monoisotopic (exact) mass is 304 g/mol. The number of carbonyl (C=O) groups excluding carboxylic acids is 1. The summed E-state index contributed by atoms with van der Waals surface area (Å²) < 4.78 is 0. The molecule has 2 aliphatic rings. The minimum absolute atomic E-state index is 0.138. The number of piperidine rings is 1. The summed E-state index contributed by atoms with van der Waals surface area (Å²) in [5.41, 5.74) is 2.44. The number of aryl methyl sites for hydroxylation is 1. The maximum atomic E-state index is 12.7. The maximum Gasteiger partial charge on any atom is 0.225 e. The Morgan fingerprint density at radius 1 is 1.45 bits per heavy atom. The van der Waals surface area contributed by atoms with Crippen LogP contribution in [-0.2, 0) is 17.6 Å². The van der Waals surface area contributed by atoms with Crippen molar-refractivity contribution in [1.29, 1.82) is 0 Å². The van der Waals surface area contributed by atoms with E-state index in [0.717, 1.165) is 32.2 Å². The number of nitrogens with one attached hydrogen (secondary N) is 1. The van der Waals surface area contributed by atoms with Crippen LogP contribution in [-0.4, -0.2) is 59.1 Å². The zero-order valence-electron chi connectivity index (χ0n) is 13.8. The fourth-order valence-electron chi connectivity index (χ4n) is 3.90. The summed E-state index contributed by atoms with van der Waals surface area (Å²) in [5.74, 6) is 0.449. The van der Waals surface area contributed by atoms with Gasteiger partial charge in [-0.25, -0.2) is 0 Å². The van der Waals surface area contributed by atoms with E-state index >= 15 is 0 Å². The third-order valence-corrected chi connectivity index (χ3v) is 5.46. The Balaban J connectivity index is 1.50. The van der Waals surface area contributed by atoms with Gasteiger partial charge in [0.1, 0.15) is 0 Å². The van der Waals surface area contributed by atoms with E-state index < -0.39 is 0 Å². The molecule has 22 heavy (non-hydrogen) atoms. The second-order valence-corrected chi connectivity index (χ2v) is 6.99. The lowest BCUT2D eigenvalue weighted by Crippen LogP contribution is -2.41. The fourth-order valence-corrected chi connectivity index (χ4v) is 3.90. The van der Waals surface area contributed by atoms with Gasteiger partial charge in [-0.1, -0.05) is 6.42 Å². The smallest absolute Gasteiger partial charge is 0.225 e. The number of likely N-dealkylation sites (tertiary alicyclic amines) is 1. The number of rotatable bonds is 4. The number of aromatic amines is 1. The van der Waals surface area contributed by atoms with Crippen molar-refractivity contribution in [1.82, 2.24) is 20.0 Å². The van der Waals surface area contributed by atoms with Crippen LogP contribution in [0.3, 0.4) is 0 Å². The maximum absolute atomic E-state index is 12.7. The average molecular weight is 304 g/mol. The molecule has 0 bridgehead atoms. The van der Waals surface area contributed by atoms with Gasteiger partial charge in [-0.2, -0.15) is 5.10 Å². The Morgan fingerprint density at radius 2 is 2.32 bits per heavy atom. The summed E-state index contributed by atoms with van der Waals surface area (Å²) in [6.07, 6.45) is 9.65. The van der Waals surface area contributed by atoms with Gasteiger partial charge < -0.3 is 9.80 Å². The van der Waals surface area contributed by atoms with E-state index in [1.165, 1.54) is 37.1 Å². The molecule has 1 amide bonds. The lowest BCUT2D eigenvalue weighted by molar-refractivity contribution is -0.134. The molecule has 1 saturated heterocycles. The molecule has 0 saturated carbocycles.